The number of nitrogens with one attached hydrogen (secondary N) is 2. The van der Waals surface area contributed by atoms with Gasteiger partial charge in [0.05, 0.1) is 4.90 Å². The van der Waals surface area contributed by atoms with Crippen LogP contribution >= 0.6 is 0 Å². The molecule has 1 aromatic heterocycles. The van der Waals surface area contributed by atoms with Gasteiger partial charge in [0.25, 0.3) is 0 Å². The predicted octanol–water partition coefficient (Wildman–Crippen LogP) is 2.46. The van der Waals surface area contributed by atoms with Gasteiger partial charge in [0.2, 0.25) is 16.8 Å². The molecule has 0 bridgehead atoms. The molecule has 3 aromatic rings. The van der Waals surface area contributed by atoms with Crippen LogP contribution in [0.15, 0.2) is 59.8 Å². The van der Waals surface area contributed by atoms with E-state index < -0.39 is 10.0 Å². The number of pyridine rings is 1. The number of fused-ring (bicyclic) bond motifs is 2. The lowest BCUT2D eigenvalue weighted by molar-refractivity contribution is 0.174. The largest absolute Gasteiger partial charge is 0.454 e. The van der Waals surface area contributed by atoms with Gasteiger partial charge in [0, 0.05) is 30.4 Å². The van der Waals surface area contributed by atoms with Gasteiger partial charge in [-0.25, -0.2) is 13.1 Å². The van der Waals surface area contributed by atoms with E-state index in [1.165, 1.54) is 0 Å². The van der Waals surface area contributed by atoms with E-state index in [0.29, 0.717) is 6.54 Å². The molecule has 0 amide bonds. The van der Waals surface area contributed by atoms with Crippen molar-refractivity contribution in [2.45, 2.75) is 24.3 Å². The van der Waals surface area contributed by atoms with Crippen LogP contribution in [0.5, 0.6) is 11.5 Å². The average molecular weight is 413 g/mol. The molecule has 152 valence electrons. The Morgan fingerprint density at radius 1 is 1.07 bits per heavy atom. The van der Waals surface area contributed by atoms with Crippen LogP contribution < -0.4 is 19.5 Å². The molecule has 2 N–H and O–H groups in total. The zero-order valence-electron chi connectivity index (χ0n) is 16.1. The summed E-state index contributed by atoms with van der Waals surface area (Å²) in [6.45, 7) is 3.37. The molecule has 8 heteroatoms. The fourth-order valence-electron chi connectivity index (χ4n) is 3.25. The zero-order chi connectivity index (χ0) is 20.3. The first-order valence-electron chi connectivity index (χ1n) is 9.47. The normalized spacial score (nSPS) is 14.2. The number of aromatic nitrogens is 1. The van der Waals surface area contributed by atoms with E-state index in [1.54, 1.807) is 36.7 Å². The number of nitrogens with zero attached hydrogens (tertiary/aromatic N) is 1. The number of sulfonamides is 1. The summed E-state index contributed by atoms with van der Waals surface area (Å²) in [7, 11) is -3.59. The minimum absolute atomic E-state index is 0.245. The van der Waals surface area contributed by atoms with Crippen molar-refractivity contribution >= 4 is 20.8 Å². The number of hydrogen-bond donors (Lipinski definition) is 2. The molecule has 0 radical (unpaired) electrons. The summed E-state index contributed by atoms with van der Waals surface area (Å²) in [5.74, 6) is 1.55. The Kier molecular flexibility index (Phi) is 5.66. The molecule has 0 spiro atoms. The third kappa shape index (κ3) is 4.67. The Morgan fingerprint density at radius 3 is 2.83 bits per heavy atom. The Morgan fingerprint density at radius 2 is 1.93 bits per heavy atom. The third-order valence-electron chi connectivity index (χ3n) is 4.76. The lowest BCUT2D eigenvalue weighted by Crippen LogP contribution is -2.40. The molecule has 0 unspecified atom stereocenters. The summed E-state index contributed by atoms with van der Waals surface area (Å²) in [5, 5.41) is 5.05. The van der Waals surface area contributed by atoms with Gasteiger partial charge in [0.15, 0.2) is 11.5 Å². The van der Waals surface area contributed by atoms with E-state index in [1.807, 2.05) is 25.1 Å². The summed E-state index contributed by atoms with van der Waals surface area (Å²) in [5.41, 5.74) is 1.14. The molecular formula is C21H23N3O4S. The van der Waals surface area contributed by atoms with Crippen molar-refractivity contribution in [3.8, 4) is 11.5 Å². The minimum atomic E-state index is -3.59. The van der Waals surface area contributed by atoms with Gasteiger partial charge in [-0.2, -0.15) is 0 Å². The van der Waals surface area contributed by atoms with Crippen molar-refractivity contribution in [1.29, 1.82) is 0 Å². The highest BCUT2D eigenvalue weighted by Crippen LogP contribution is 2.32. The van der Waals surface area contributed by atoms with E-state index in [4.69, 9.17) is 9.47 Å². The molecule has 1 aliphatic rings. The van der Waals surface area contributed by atoms with E-state index in [2.05, 4.69) is 15.0 Å². The highest BCUT2D eigenvalue weighted by atomic mass is 32.2. The van der Waals surface area contributed by atoms with Gasteiger partial charge < -0.3 is 14.8 Å². The van der Waals surface area contributed by atoms with Crippen LogP contribution in [0.4, 0.5) is 0 Å². The molecule has 2 aromatic carbocycles. The lowest BCUT2D eigenvalue weighted by Gasteiger charge is -2.15. The molecule has 1 atom stereocenters. The van der Waals surface area contributed by atoms with Crippen LogP contribution in [0.3, 0.4) is 0 Å². The molecular weight excluding hydrogens is 390 g/mol. The first kappa shape index (κ1) is 19.6. The van der Waals surface area contributed by atoms with Gasteiger partial charge in [-0.3, -0.25) is 4.98 Å². The molecule has 7 nitrogen and oxygen atoms in total. The average Bonchev–Trinajstić information content (AvgIpc) is 3.18. The van der Waals surface area contributed by atoms with E-state index >= 15 is 0 Å². The van der Waals surface area contributed by atoms with Crippen molar-refractivity contribution in [1.82, 2.24) is 15.0 Å². The fraction of sp³-hybridized carbons (Fsp3) is 0.286. The van der Waals surface area contributed by atoms with Crippen LogP contribution in [0, 0.1) is 0 Å². The van der Waals surface area contributed by atoms with Crippen LogP contribution in [-0.4, -0.2) is 39.3 Å². The number of ether oxygens (including phenoxy) is 2. The van der Waals surface area contributed by atoms with Gasteiger partial charge in [-0.15, -0.1) is 0 Å². The molecule has 29 heavy (non-hydrogen) atoms. The second kappa shape index (κ2) is 8.36. The minimum Gasteiger partial charge on any atom is -0.454 e. The maximum Gasteiger partial charge on any atom is 0.240 e. The third-order valence-corrected chi connectivity index (χ3v) is 6.34. The maximum atomic E-state index is 12.7. The van der Waals surface area contributed by atoms with Crippen LogP contribution in [-0.2, 0) is 16.4 Å². The number of benzene rings is 2. The first-order chi connectivity index (χ1) is 14.0. The fourth-order valence-corrected chi connectivity index (χ4v) is 4.53. The van der Waals surface area contributed by atoms with E-state index in [-0.39, 0.29) is 17.7 Å². The predicted molar refractivity (Wildman–Crippen MR) is 111 cm³/mol. The Hall–Kier alpha value is -2.68. The summed E-state index contributed by atoms with van der Waals surface area (Å²) in [6, 6.07) is 12.5. The summed E-state index contributed by atoms with van der Waals surface area (Å²) in [4.78, 5) is 4.30. The molecule has 0 saturated heterocycles. The standard InChI is InChI=1S/C21H23N3O4S/c1-15(12-22-8-6-16-2-5-20-21(10-16)28-14-27-20)24-29(25,26)19-4-3-18-13-23-9-7-17(18)11-19/h2-5,7,9-11,13,15,22,24H,6,8,12,14H2,1H3/t15-/m1/s1. The highest BCUT2D eigenvalue weighted by Gasteiger charge is 2.18. The Balaban J connectivity index is 1.28. The van der Waals surface area contributed by atoms with Gasteiger partial charge in [-0.05, 0) is 61.2 Å². The van der Waals surface area contributed by atoms with E-state index in [0.717, 1.165) is 40.8 Å². The van der Waals surface area contributed by atoms with Crippen LogP contribution in [0.1, 0.15) is 12.5 Å². The Labute approximate surface area is 170 Å². The smallest absolute Gasteiger partial charge is 0.240 e. The van der Waals surface area contributed by atoms with Crippen molar-refractivity contribution in [3.63, 3.8) is 0 Å². The molecule has 2 heterocycles. The van der Waals surface area contributed by atoms with Crippen molar-refractivity contribution < 1.29 is 17.9 Å². The number of hydrogen-bond acceptors (Lipinski definition) is 6. The van der Waals surface area contributed by atoms with Gasteiger partial charge in [-0.1, -0.05) is 12.1 Å². The highest BCUT2D eigenvalue weighted by molar-refractivity contribution is 7.89. The van der Waals surface area contributed by atoms with Crippen LogP contribution in [0.25, 0.3) is 10.8 Å². The second-order valence-electron chi connectivity index (χ2n) is 7.05. The first-order valence-corrected chi connectivity index (χ1v) is 10.9. The van der Waals surface area contributed by atoms with Gasteiger partial charge >= 0.3 is 0 Å². The Bertz CT molecular complexity index is 1120. The van der Waals surface area contributed by atoms with Gasteiger partial charge in [0.1, 0.15) is 0 Å². The van der Waals surface area contributed by atoms with E-state index in [9.17, 15) is 8.42 Å². The van der Waals surface area contributed by atoms with Crippen molar-refractivity contribution in [2.24, 2.45) is 0 Å². The monoisotopic (exact) mass is 413 g/mol. The maximum absolute atomic E-state index is 12.7. The van der Waals surface area contributed by atoms with Crippen molar-refractivity contribution in [3.05, 3.63) is 60.4 Å². The molecule has 4 rings (SSSR count). The summed E-state index contributed by atoms with van der Waals surface area (Å²) in [6.07, 6.45) is 4.18. The number of rotatable bonds is 8. The van der Waals surface area contributed by atoms with Crippen LogP contribution in [0.2, 0.25) is 0 Å². The molecule has 1 aliphatic heterocycles. The quantitative estimate of drug-likeness (QED) is 0.552. The molecule has 0 fully saturated rings. The topological polar surface area (TPSA) is 89.5 Å². The molecule has 0 aliphatic carbocycles. The summed E-state index contributed by atoms with van der Waals surface area (Å²) >= 11 is 0. The summed E-state index contributed by atoms with van der Waals surface area (Å²) < 4.78 is 38.8. The van der Waals surface area contributed by atoms with Crippen molar-refractivity contribution in [2.75, 3.05) is 19.9 Å². The molecule has 0 saturated carbocycles. The zero-order valence-corrected chi connectivity index (χ0v) is 16.9. The lowest BCUT2D eigenvalue weighted by atomic mass is 10.1. The second-order valence-corrected chi connectivity index (χ2v) is 8.76. The SMILES string of the molecule is C[C@H](CNCCc1ccc2c(c1)OCO2)NS(=O)(=O)c1ccc2cnccc2c1.